The number of aromatic nitrogens is 4. The first-order valence-electron chi connectivity index (χ1n) is 12.4. The Bertz CT molecular complexity index is 1940. The van der Waals surface area contributed by atoms with E-state index in [0.717, 1.165) is 6.07 Å². The smallest absolute Gasteiger partial charge is 0.341 e. The summed E-state index contributed by atoms with van der Waals surface area (Å²) in [5.41, 5.74) is 5.05. The largest absolute Gasteiger partial charge is 0.477 e. The van der Waals surface area contributed by atoms with E-state index in [-0.39, 0.29) is 59.0 Å². The number of aromatic carboxylic acids is 1. The monoisotopic (exact) mass is 551 g/mol. The van der Waals surface area contributed by atoms with Gasteiger partial charge in [0.25, 0.3) is 0 Å². The average molecular weight is 552 g/mol. The predicted molar refractivity (Wildman–Crippen MR) is 146 cm³/mol. The normalized spacial score (nSPS) is 17.4. The van der Waals surface area contributed by atoms with Crippen LogP contribution in [0.15, 0.2) is 35.5 Å². The van der Waals surface area contributed by atoms with Crippen LogP contribution in [0.1, 0.15) is 16.8 Å². The molecule has 1 aliphatic rings. The summed E-state index contributed by atoms with van der Waals surface area (Å²) in [5, 5.41) is 12.6. The highest BCUT2D eigenvalue weighted by atomic mass is 19.2. The Labute approximate surface area is 224 Å². The number of hydrogen-bond acceptors (Lipinski definition) is 7. The number of benzene rings is 1. The third kappa shape index (κ3) is 3.68. The third-order valence-electron chi connectivity index (χ3n) is 7.57. The van der Waals surface area contributed by atoms with Gasteiger partial charge in [-0.1, -0.05) is 0 Å². The first-order chi connectivity index (χ1) is 19.1. The van der Waals surface area contributed by atoms with Crippen molar-refractivity contribution >= 4 is 50.3 Å². The third-order valence-corrected chi connectivity index (χ3v) is 7.57. The van der Waals surface area contributed by atoms with E-state index >= 15 is 8.78 Å². The number of anilines is 2. The fraction of sp³-hybridized carbons (Fsp3) is 0.259. The predicted octanol–water partition coefficient (Wildman–Crippen LogP) is 3.53. The molecule has 5 N–H and O–H groups in total. The van der Waals surface area contributed by atoms with Crippen molar-refractivity contribution in [2.45, 2.75) is 12.1 Å². The van der Waals surface area contributed by atoms with E-state index in [4.69, 9.17) is 5.73 Å². The number of fused-ring (bicyclic) bond motifs is 4. The van der Waals surface area contributed by atoms with Crippen LogP contribution < -0.4 is 21.4 Å². The summed E-state index contributed by atoms with van der Waals surface area (Å²) in [5.74, 6) is -3.55. The Morgan fingerprint density at radius 2 is 2.02 bits per heavy atom. The molecule has 10 nitrogen and oxygen atoms in total. The zero-order valence-electron chi connectivity index (χ0n) is 21.5. The molecule has 0 bridgehead atoms. The van der Waals surface area contributed by atoms with Crippen molar-refractivity contribution < 1.29 is 23.1 Å². The van der Waals surface area contributed by atoms with Crippen molar-refractivity contribution in [3.63, 3.8) is 0 Å². The van der Waals surface area contributed by atoms with Gasteiger partial charge in [0.15, 0.2) is 11.6 Å². The van der Waals surface area contributed by atoms with Crippen molar-refractivity contribution in [3.05, 3.63) is 58.1 Å². The van der Waals surface area contributed by atoms with E-state index in [1.165, 1.54) is 29.2 Å². The van der Waals surface area contributed by atoms with Crippen molar-refractivity contribution in [3.8, 4) is 11.1 Å². The minimum absolute atomic E-state index is 0.0442. The fourth-order valence-electron chi connectivity index (χ4n) is 5.54. The number of rotatable bonds is 5. The number of pyridine rings is 3. The molecule has 0 aliphatic carbocycles. The number of carbonyl (C=O) groups is 1. The lowest BCUT2D eigenvalue weighted by atomic mass is 10.0. The summed E-state index contributed by atoms with van der Waals surface area (Å²) in [6.07, 6.45) is 4.27. The van der Waals surface area contributed by atoms with E-state index < -0.39 is 34.3 Å². The second-order valence-corrected chi connectivity index (χ2v) is 10.00. The molecule has 0 amide bonds. The first kappa shape index (κ1) is 25.6. The van der Waals surface area contributed by atoms with Crippen molar-refractivity contribution in [2.24, 2.45) is 12.8 Å². The molecule has 5 aromatic rings. The molecule has 4 aromatic heterocycles. The lowest BCUT2D eigenvalue weighted by Crippen LogP contribution is -2.36. The number of H-pyrrole nitrogens is 1. The number of carboxylic acid groups (broad SMARTS) is 1. The maximum absolute atomic E-state index is 15.4. The molecule has 0 radical (unpaired) electrons. The number of aryl methyl sites for hydroxylation is 1. The molecule has 1 atom stereocenters. The van der Waals surface area contributed by atoms with Gasteiger partial charge < -0.3 is 30.6 Å². The van der Waals surface area contributed by atoms with Gasteiger partial charge in [-0.15, -0.1) is 0 Å². The Balaban J connectivity index is 1.71. The van der Waals surface area contributed by atoms with E-state index in [1.54, 1.807) is 19.0 Å². The molecule has 13 heteroatoms. The summed E-state index contributed by atoms with van der Waals surface area (Å²) >= 11 is 0. The van der Waals surface area contributed by atoms with Crippen LogP contribution in [-0.4, -0.2) is 62.9 Å². The maximum atomic E-state index is 15.4. The van der Waals surface area contributed by atoms with Crippen LogP contribution in [0.4, 0.5) is 24.5 Å². The zero-order chi connectivity index (χ0) is 28.5. The van der Waals surface area contributed by atoms with Gasteiger partial charge >= 0.3 is 5.97 Å². The number of aromatic amines is 1. The SMILES string of the molecule is CNc1cc(F)c(F)c2c1[nH]c1ncc(-c3cnc4c(c3)c(=O)c(C(=O)O)cn4C)c(N3CC[C@](F)(CN)C3)c12. The van der Waals surface area contributed by atoms with E-state index in [2.05, 4.69) is 20.3 Å². The second-order valence-electron chi connectivity index (χ2n) is 10.00. The zero-order valence-corrected chi connectivity index (χ0v) is 21.5. The minimum Gasteiger partial charge on any atom is -0.477 e. The molecule has 40 heavy (non-hydrogen) atoms. The molecule has 0 saturated carbocycles. The molecular weight excluding hydrogens is 527 g/mol. The van der Waals surface area contributed by atoms with Crippen LogP contribution in [0.3, 0.4) is 0 Å². The van der Waals surface area contributed by atoms with Crippen molar-refractivity contribution in [1.29, 1.82) is 0 Å². The van der Waals surface area contributed by atoms with E-state index in [0.29, 0.717) is 22.5 Å². The highest BCUT2D eigenvalue weighted by Gasteiger charge is 2.39. The number of carboxylic acids is 1. The van der Waals surface area contributed by atoms with Gasteiger partial charge in [0.05, 0.1) is 39.6 Å². The van der Waals surface area contributed by atoms with Gasteiger partial charge in [-0.2, -0.15) is 0 Å². The number of nitrogens with zero attached hydrogens (tertiary/aromatic N) is 4. The first-order valence-corrected chi connectivity index (χ1v) is 12.4. The lowest BCUT2D eigenvalue weighted by molar-refractivity contribution is 0.0695. The number of nitrogens with one attached hydrogen (secondary N) is 2. The fourth-order valence-corrected chi connectivity index (χ4v) is 5.54. The number of halogens is 3. The quantitative estimate of drug-likeness (QED) is 0.260. The van der Waals surface area contributed by atoms with Gasteiger partial charge in [0.2, 0.25) is 5.43 Å². The number of alkyl halides is 1. The Morgan fingerprint density at radius 3 is 2.70 bits per heavy atom. The molecule has 206 valence electrons. The van der Waals surface area contributed by atoms with Crippen LogP contribution in [0.5, 0.6) is 0 Å². The highest BCUT2D eigenvalue weighted by molar-refractivity contribution is 6.18. The van der Waals surface area contributed by atoms with Crippen LogP contribution in [0, 0.1) is 11.6 Å². The number of hydrogen-bond donors (Lipinski definition) is 4. The summed E-state index contributed by atoms with van der Waals surface area (Å²) in [4.78, 5) is 38.3. The van der Waals surface area contributed by atoms with Gasteiger partial charge in [-0.3, -0.25) is 4.79 Å². The molecule has 1 aromatic carbocycles. The second kappa shape index (κ2) is 8.95. The van der Waals surface area contributed by atoms with Crippen molar-refractivity contribution in [1.82, 2.24) is 19.5 Å². The Kier molecular flexibility index (Phi) is 5.73. The van der Waals surface area contributed by atoms with Gasteiger partial charge in [-0.05, 0) is 6.07 Å². The van der Waals surface area contributed by atoms with Crippen LogP contribution in [0.2, 0.25) is 0 Å². The minimum atomic E-state index is -1.70. The summed E-state index contributed by atoms with van der Waals surface area (Å²) in [7, 11) is 3.14. The van der Waals surface area contributed by atoms with Gasteiger partial charge in [0, 0.05) is 69.4 Å². The summed E-state index contributed by atoms with van der Waals surface area (Å²) in [6.45, 7) is -0.0995. The Morgan fingerprint density at radius 1 is 1.25 bits per heavy atom. The molecule has 1 fully saturated rings. The van der Waals surface area contributed by atoms with Crippen molar-refractivity contribution in [2.75, 3.05) is 36.9 Å². The molecule has 6 rings (SSSR count). The average Bonchev–Trinajstić information content (AvgIpc) is 3.53. The molecule has 0 unspecified atom stereocenters. The van der Waals surface area contributed by atoms with E-state index in [1.807, 2.05) is 0 Å². The molecular formula is C27H24F3N7O3. The van der Waals surface area contributed by atoms with Crippen LogP contribution in [-0.2, 0) is 7.05 Å². The van der Waals surface area contributed by atoms with Gasteiger partial charge in [-0.25, -0.2) is 27.9 Å². The van der Waals surface area contributed by atoms with E-state index in [9.17, 15) is 19.1 Å². The van der Waals surface area contributed by atoms with Crippen LogP contribution in [0.25, 0.3) is 44.1 Å². The Hall–Kier alpha value is -4.65. The standard InChI is InChI=1S/C27H24F3N7O3/c1-32-17-6-16(28)20(29)18-19-22(37-4-3-27(30,10-31)11-37)14(8-33-24(19)35-21(17)18)12-5-13-23(38)15(26(39)40)9-36(2)25(13)34-7-12/h5-9,32H,3-4,10-11,31H2,1-2H3,(H,33,35)(H,39,40)/t27-/m0/s1. The van der Waals surface area contributed by atoms with Crippen LogP contribution >= 0.6 is 0 Å². The number of nitrogens with two attached hydrogens (primary N) is 1. The lowest BCUT2D eigenvalue weighted by Gasteiger charge is -2.25. The molecule has 0 spiro atoms. The molecule has 5 heterocycles. The molecule has 1 aliphatic heterocycles. The maximum Gasteiger partial charge on any atom is 0.341 e. The molecule has 1 saturated heterocycles. The topological polar surface area (TPSA) is 142 Å². The summed E-state index contributed by atoms with van der Waals surface area (Å²) in [6, 6.07) is 2.52. The summed E-state index contributed by atoms with van der Waals surface area (Å²) < 4.78 is 47.0. The highest BCUT2D eigenvalue weighted by Crippen LogP contribution is 2.45. The van der Waals surface area contributed by atoms with Gasteiger partial charge in [0.1, 0.15) is 22.5 Å².